The number of hydrogen-bond acceptors (Lipinski definition) is 3. The van der Waals surface area contributed by atoms with E-state index in [4.69, 9.17) is 4.74 Å². The van der Waals surface area contributed by atoms with Gasteiger partial charge in [0.1, 0.15) is 5.82 Å². The Morgan fingerprint density at radius 3 is 2.30 bits per heavy atom. The van der Waals surface area contributed by atoms with Crippen molar-refractivity contribution in [1.82, 2.24) is 0 Å². The fourth-order valence-corrected chi connectivity index (χ4v) is 2.17. The van der Waals surface area contributed by atoms with Crippen LogP contribution in [0.25, 0.3) is 0 Å². The molecule has 0 spiro atoms. The molecule has 3 rings (SSSR count). The molecule has 0 aromatic heterocycles. The molecule has 1 amide bonds. The Morgan fingerprint density at radius 2 is 1.70 bits per heavy atom. The van der Waals surface area contributed by atoms with E-state index in [9.17, 15) is 14.0 Å². The summed E-state index contributed by atoms with van der Waals surface area (Å²) < 4.78 is 18.3. The lowest BCUT2D eigenvalue weighted by Gasteiger charge is -2.18. The van der Waals surface area contributed by atoms with Gasteiger partial charge in [0.2, 0.25) is 6.10 Å². The van der Waals surface area contributed by atoms with Gasteiger partial charge >= 0.3 is 5.97 Å². The number of anilines is 1. The summed E-state index contributed by atoms with van der Waals surface area (Å²) in [4.78, 5) is 24.4. The van der Waals surface area contributed by atoms with Crippen molar-refractivity contribution in [3.8, 4) is 0 Å². The van der Waals surface area contributed by atoms with Crippen molar-refractivity contribution in [1.29, 1.82) is 0 Å². The van der Waals surface area contributed by atoms with Crippen LogP contribution in [0.2, 0.25) is 0 Å². The van der Waals surface area contributed by atoms with Crippen molar-refractivity contribution in [2.45, 2.75) is 18.9 Å². The molecule has 0 saturated heterocycles. The third kappa shape index (κ3) is 3.94. The van der Waals surface area contributed by atoms with Crippen LogP contribution < -0.4 is 5.32 Å². The van der Waals surface area contributed by atoms with Crippen molar-refractivity contribution in [2.24, 2.45) is 5.92 Å². The molecule has 2 aromatic rings. The van der Waals surface area contributed by atoms with Gasteiger partial charge < -0.3 is 10.1 Å². The van der Waals surface area contributed by atoms with Crippen molar-refractivity contribution >= 4 is 17.6 Å². The Kier molecular flexibility index (Phi) is 4.37. The molecule has 1 saturated carbocycles. The van der Waals surface area contributed by atoms with Crippen LogP contribution in [0.5, 0.6) is 0 Å². The lowest BCUT2D eigenvalue weighted by molar-refractivity contribution is -0.156. The molecule has 118 valence electrons. The zero-order valence-electron chi connectivity index (χ0n) is 12.4. The van der Waals surface area contributed by atoms with E-state index in [0.717, 1.165) is 12.8 Å². The highest BCUT2D eigenvalue weighted by molar-refractivity contribution is 5.96. The summed E-state index contributed by atoms with van der Waals surface area (Å²) in [5, 5.41) is 2.65. The molecule has 1 fully saturated rings. The molecule has 4 nitrogen and oxygen atoms in total. The molecule has 5 heteroatoms. The van der Waals surface area contributed by atoms with E-state index in [0.29, 0.717) is 11.3 Å². The molecule has 0 bridgehead atoms. The third-order valence-corrected chi connectivity index (χ3v) is 3.60. The number of esters is 1. The van der Waals surface area contributed by atoms with Crippen molar-refractivity contribution in [3.63, 3.8) is 0 Å². The van der Waals surface area contributed by atoms with Crippen molar-refractivity contribution in [2.75, 3.05) is 5.32 Å². The zero-order chi connectivity index (χ0) is 16.2. The van der Waals surface area contributed by atoms with E-state index in [1.54, 1.807) is 24.3 Å². The predicted octanol–water partition coefficient (Wildman–Crippen LogP) is 3.46. The molecule has 1 atom stereocenters. The lowest BCUT2D eigenvalue weighted by Crippen LogP contribution is -2.26. The summed E-state index contributed by atoms with van der Waals surface area (Å²) >= 11 is 0. The van der Waals surface area contributed by atoms with Gasteiger partial charge in [-0.15, -0.1) is 0 Å². The molecule has 0 heterocycles. The third-order valence-electron chi connectivity index (χ3n) is 3.60. The SMILES string of the molecule is O=C(O[C@H](C(=O)Nc1ccc(F)cc1)c1ccccc1)C1CC1. The number of nitrogens with one attached hydrogen (secondary N) is 1. The molecule has 1 N–H and O–H groups in total. The minimum atomic E-state index is -1.02. The number of halogens is 1. The highest BCUT2D eigenvalue weighted by Gasteiger charge is 2.35. The fourth-order valence-electron chi connectivity index (χ4n) is 2.17. The maximum atomic E-state index is 12.9. The zero-order valence-corrected chi connectivity index (χ0v) is 12.4. The fraction of sp³-hybridized carbons (Fsp3) is 0.222. The van der Waals surface area contributed by atoms with Gasteiger partial charge in [-0.3, -0.25) is 9.59 Å². The average Bonchev–Trinajstić information content (AvgIpc) is 3.40. The van der Waals surface area contributed by atoms with Crippen LogP contribution in [0.1, 0.15) is 24.5 Å². The molecule has 0 unspecified atom stereocenters. The second-order valence-electron chi connectivity index (χ2n) is 5.50. The smallest absolute Gasteiger partial charge is 0.310 e. The van der Waals surface area contributed by atoms with E-state index in [-0.39, 0.29) is 17.7 Å². The van der Waals surface area contributed by atoms with Crippen LogP contribution >= 0.6 is 0 Å². The van der Waals surface area contributed by atoms with Crippen molar-refractivity contribution in [3.05, 3.63) is 66.0 Å². The molecule has 23 heavy (non-hydrogen) atoms. The number of rotatable bonds is 5. The first-order valence-electron chi connectivity index (χ1n) is 7.45. The van der Waals surface area contributed by atoms with Gasteiger partial charge in [-0.05, 0) is 37.1 Å². The molecule has 2 aromatic carbocycles. The predicted molar refractivity (Wildman–Crippen MR) is 83.0 cm³/mol. The molecule has 1 aliphatic carbocycles. The maximum Gasteiger partial charge on any atom is 0.310 e. The maximum absolute atomic E-state index is 12.9. The number of ether oxygens (including phenoxy) is 1. The highest BCUT2D eigenvalue weighted by atomic mass is 19.1. The minimum absolute atomic E-state index is 0.0974. The monoisotopic (exact) mass is 313 g/mol. The minimum Gasteiger partial charge on any atom is -0.447 e. The van der Waals surface area contributed by atoms with Crippen LogP contribution in [0.4, 0.5) is 10.1 Å². The van der Waals surface area contributed by atoms with E-state index in [2.05, 4.69) is 5.32 Å². The summed E-state index contributed by atoms with van der Waals surface area (Å²) in [7, 11) is 0. The van der Waals surface area contributed by atoms with E-state index >= 15 is 0 Å². The Labute approximate surface area is 133 Å². The first kappa shape index (κ1) is 15.2. The van der Waals surface area contributed by atoms with Crippen LogP contribution in [0, 0.1) is 11.7 Å². The number of carbonyl (C=O) groups is 2. The summed E-state index contributed by atoms with van der Waals surface area (Å²) in [6.07, 6.45) is 0.592. The Balaban J connectivity index is 1.77. The van der Waals surface area contributed by atoms with Gasteiger partial charge in [0.25, 0.3) is 5.91 Å². The Bertz CT molecular complexity index is 696. The molecular formula is C18H16FNO3. The van der Waals surface area contributed by atoms with E-state index < -0.39 is 12.0 Å². The van der Waals surface area contributed by atoms with Gasteiger partial charge in [0.15, 0.2) is 0 Å². The summed E-state index contributed by atoms with van der Waals surface area (Å²) in [6, 6.07) is 14.3. The lowest BCUT2D eigenvalue weighted by atomic mass is 10.1. The van der Waals surface area contributed by atoms with Crippen LogP contribution in [0.15, 0.2) is 54.6 Å². The molecular weight excluding hydrogens is 297 g/mol. The topological polar surface area (TPSA) is 55.4 Å². The average molecular weight is 313 g/mol. The quantitative estimate of drug-likeness (QED) is 0.860. The van der Waals surface area contributed by atoms with Crippen LogP contribution in [0.3, 0.4) is 0 Å². The van der Waals surface area contributed by atoms with E-state index in [1.807, 2.05) is 6.07 Å². The summed E-state index contributed by atoms with van der Waals surface area (Å²) in [5.74, 6) is -1.30. The van der Waals surface area contributed by atoms with Gasteiger partial charge in [-0.25, -0.2) is 4.39 Å². The Hall–Kier alpha value is -2.69. The van der Waals surface area contributed by atoms with E-state index in [1.165, 1.54) is 24.3 Å². The van der Waals surface area contributed by atoms with Crippen molar-refractivity contribution < 1.29 is 18.7 Å². The first-order valence-corrected chi connectivity index (χ1v) is 7.45. The van der Waals surface area contributed by atoms with Crippen LogP contribution in [-0.4, -0.2) is 11.9 Å². The van der Waals surface area contributed by atoms with Gasteiger partial charge in [-0.1, -0.05) is 30.3 Å². The normalized spacial score (nSPS) is 14.8. The number of carbonyl (C=O) groups excluding carboxylic acids is 2. The standard InChI is InChI=1S/C18H16FNO3/c19-14-8-10-15(11-9-14)20-17(21)16(12-4-2-1-3-5-12)23-18(22)13-6-7-13/h1-5,8-11,13,16H,6-7H2,(H,20,21)/t16-/m0/s1. The van der Waals surface area contributed by atoms with Gasteiger partial charge in [0, 0.05) is 11.3 Å². The summed E-state index contributed by atoms with van der Waals surface area (Å²) in [6.45, 7) is 0. The first-order chi connectivity index (χ1) is 11.1. The highest BCUT2D eigenvalue weighted by Crippen LogP contribution is 2.32. The Morgan fingerprint density at radius 1 is 1.04 bits per heavy atom. The largest absolute Gasteiger partial charge is 0.447 e. The molecule has 1 aliphatic rings. The van der Waals surface area contributed by atoms with Crippen LogP contribution in [-0.2, 0) is 14.3 Å². The molecule has 0 radical (unpaired) electrons. The second-order valence-corrected chi connectivity index (χ2v) is 5.50. The second kappa shape index (κ2) is 6.60. The summed E-state index contributed by atoms with van der Waals surface area (Å²) in [5.41, 5.74) is 1.04. The molecule has 0 aliphatic heterocycles. The number of benzene rings is 2. The number of amides is 1. The van der Waals surface area contributed by atoms with Gasteiger partial charge in [0.05, 0.1) is 5.92 Å². The number of hydrogen-bond donors (Lipinski definition) is 1. The van der Waals surface area contributed by atoms with Gasteiger partial charge in [-0.2, -0.15) is 0 Å².